The fraction of sp³-hybridized carbons (Fsp3) is 0.360. The number of ether oxygens (including phenoxy) is 2. The van der Waals surface area contributed by atoms with Gasteiger partial charge in [0.1, 0.15) is 18.7 Å². The van der Waals surface area contributed by atoms with Crippen molar-refractivity contribution in [3.05, 3.63) is 59.7 Å². The Morgan fingerprint density at radius 3 is 2.00 bits per heavy atom. The van der Waals surface area contributed by atoms with Crippen LogP contribution in [0.25, 0.3) is 11.1 Å². The highest BCUT2D eigenvalue weighted by Crippen LogP contribution is 2.44. The van der Waals surface area contributed by atoms with E-state index in [-0.39, 0.29) is 18.4 Å². The van der Waals surface area contributed by atoms with Gasteiger partial charge in [-0.05, 0) is 28.2 Å². The number of rotatable bonds is 9. The Morgan fingerprint density at radius 1 is 0.941 bits per heavy atom. The number of alkyl carbamates (subject to hydrolysis) is 1. The van der Waals surface area contributed by atoms with Crippen molar-refractivity contribution >= 4 is 23.9 Å². The van der Waals surface area contributed by atoms with E-state index in [4.69, 9.17) is 4.74 Å². The molecule has 9 nitrogen and oxygen atoms in total. The minimum absolute atomic E-state index is 0.0758. The number of esters is 1. The molecule has 180 valence electrons. The van der Waals surface area contributed by atoms with Crippen LogP contribution in [0.15, 0.2) is 48.5 Å². The summed E-state index contributed by atoms with van der Waals surface area (Å²) in [5.41, 5.74) is 4.30. The molecule has 2 atom stereocenters. The summed E-state index contributed by atoms with van der Waals surface area (Å²) in [7, 11) is 1.12. The quantitative estimate of drug-likeness (QED) is 0.482. The highest BCUT2D eigenvalue weighted by Gasteiger charge is 2.32. The zero-order chi connectivity index (χ0) is 24.8. The molecule has 2 amide bonds. The third kappa shape index (κ3) is 5.54. The lowest BCUT2D eigenvalue weighted by molar-refractivity contribution is -0.149. The van der Waals surface area contributed by atoms with Gasteiger partial charge in [-0.15, -0.1) is 0 Å². The number of fused-ring (bicyclic) bond motifs is 3. The molecule has 2 aromatic rings. The van der Waals surface area contributed by atoms with Gasteiger partial charge in [-0.1, -0.05) is 62.4 Å². The van der Waals surface area contributed by atoms with Crippen molar-refractivity contribution < 1.29 is 33.8 Å². The van der Waals surface area contributed by atoms with Crippen LogP contribution in [-0.2, 0) is 23.9 Å². The van der Waals surface area contributed by atoms with Crippen LogP contribution in [0.3, 0.4) is 0 Å². The second kappa shape index (κ2) is 10.8. The zero-order valence-electron chi connectivity index (χ0n) is 19.2. The van der Waals surface area contributed by atoms with Gasteiger partial charge in [0.2, 0.25) is 5.91 Å². The molecular formula is C25H28N2O7. The minimum Gasteiger partial charge on any atom is -0.480 e. The monoisotopic (exact) mass is 468 g/mol. The van der Waals surface area contributed by atoms with Crippen LogP contribution >= 0.6 is 0 Å². The van der Waals surface area contributed by atoms with Gasteiger partial charge in [-0.25, -0.2) is 9.59 Å². The van der Waals surface area contributed by atoms with Crippen LogP contribution in [0.1, 0.15) is 37.3 Å². The number of carbonyl (C=O) groups excluding carboxylic acids is 3. The number of hydrogen-bond donors (Lipinski definition) is 3. The van der Waals surface area contributed by atoms with Gasteiger partial charge in [0.15, 0.2) is 0 Å². The Labute approximate surface area is 197 Å². The Morgan fingerprint density at radius 2 is 1.50 bits per heavy atom. The minimum atomic E-state index is -1.48. The predicted octanol–water partition coefficient (Wildman–Crippen LogP) is 2.68. The normalized spacial score (nSPS) is 13.9. The summed E-state index contributed by atoms with van der Waals surface area (Å²) in [6.07, 6.45) is -1.33. The summed E-state index contributed by atoms with van der Waals surface area (Å²) < 4.78 is 9.96. The first kappa shape index (κ1) is 24.8. The van der Waals surface area contributed by atoms with Crippen molar-refractivity contribution in [2.75, 3.05) is 13.7 Å². The van der Waals surface area contributed by atoms with Crippen LogP contribution in [0.4, 0.5) is 4.79 Å². The van der Waals surface area contributed by atoms with E-state index in [9.17, 15) is 24.3 Å². The van der Waals surface area contributed by atoms with E-state index < -0.39 is 42.4 Å². The molecule has 0 heterocycles. The van der Waals surface area contributed by atoms with Crippen LogP contribution in [0.2, 0.25) is 0 Å². The molecule has 1 aliphatic rings. The third-order valence-electron chi connectivity index (χ3n) is 5.78. The summed E-state index contributed by atoms with van der Waals surface area (Å²) >= 11 is 0. The maximum Gasteiger partial charge on any atom is 0.407 e. The molecule has 1 aliphatic carbocycles. The number of benzene rings is 2. The van der Waals surface area contributed by atoms with Crippen LogP contribution in [0, 0.1) is 5.92 Å². The fourth-order valence-corrected chi connectivity index (χ4v) is 4.01. The van der Waals surface area contributed by atoms with Gasteiger partial charge in [-0.2, -0.15) is 0 Å². The Balaban J connectivity index is 1.65. The Bertz CT molecular complexity index is 1040. The van der Waals surface area contributed by atoms with E-state index >= 15 is 0 Å². The molecule has 3 rings (SSSR count). The standard InChI is InChI=1S/C25H28N2O7/c1-14(2)22(23(29)26-20(24(30)31)12-21(28)33-3)27-25(32)34-13-19-17-10-6-4-8-15(17)16-9-5-7-11-18(16)19/h4-11,14,19-20,22H,12-13H2,1-3H3,(H,26,29)(H,27,32)(H,30,31)/t20-,22-/m0/s1. The summed E-state index contributed by atoms with van der Waals surface area (Å²) in [6, 6.07) is 13.3. The van der Waals surface area contributed by atoms with Gasteiger partial charge in [0.25, 0.3) is 0 Å². The van der Waals surface area contributed by atoms with Crippen molar-refractivity contribution in [2.45, 2.75) is 38.3 Å². The van der Waals surface area contributed by atoms with Crippen molar-refractivity contribution in [1.82, 2.24) is 10.6 Å². The van der Waals surface area contributed by atoms with Crippen LogP contribution < -0.4 is 10.6 Å². The fourth-order valence-electron chi connectivity index (χ4n) is 4.01. The molecule has 0 aliphatic heterocycles. The first-order chi connectivity index (χ1) is 16.2. The zero-order valence-corrected chi connectivity index (χ0v) is 19.2. The molecule has 0 fully saturated rings. The summed E-state index contributed by atoms with van der Waals surface area (Å²) in [4.78, 5) is 48.1. The SMILES string of the molecule is COC(=O)C[C@H](NC(=O)[C@@H](NC(=O)OCC1c2ccccc2-c2ccccc21)C(C)C)C(=O)O. The van der Waals surface area contributed by atoms with E-state index in [1.165, 1.54) is 0 Å². The number of amides is 2. The summed E-state index contributed by atoms with van der Waals surface area (Å²) in [5, 5.41) is 14.1. The second-order valence-electron chi connectivity index (χ2n) is 8.37. The lowest BCUT2D eigenvalue weighted by Crippen LogP contribution is -2.54. The van der Waals surface area contributed by atoms with Crippen molar-refractivity contribution in [1.29, 1.82) is 0 Å². The van der Waals surface area contributed by atoms with Gasteiger partial charge >= 0.3 is 18.0 Å². The van der Waals surface area contributed by atoms with Crippen LogP contribution in [0.5, 0.6) is 0 Å². The molecule has 0 spiro atoms. The number of nitrogens with one attached hydrogen (secondary N) is 2. The van der Waals surface area contributed by atoms with E-state index in [0.717, 1.165) is 29.4 Å². The lowest BCUT2D eigenvalue weighted by atomic mass is 9.98. The van der Waals surface area contributed by atoms with Gasteiger partial charge in [0, 0.05) is 5.92 Å². The first-order valence-corrected chi connectivity index (χ1v) is 10.9. The Kier molecular flexibility index (Phi) is 7.88. The molecule has 3 N–H and O–H groups in total. The first-order valence-electron chi connectivity index (χ1n) is 10.9. The van der Waals surface area contributed by atoms with Crippen LogP contribution in [-0.4, -0.2) is 54.8 Å². The predicted molar refractivity (Wildman–Crippen MR) is 123 cm³/mol. The molecule has 2 aromatic carbocycles. The topological polar surface area (TPSA) is 131 Å². The molecule has 34 heavy (non-hydrogen) atoms. The molecule has 0 saturated carbocycles. The molecule has 0 radical (unpaired) electrons. The summed E-state index contributed by atoms with van der Waals surface area (Å²) in [6.45, 7) is 3.47. The van der Waals surface area contributed by atoms with E-state index in [1.807, 2.05) is 48.5 Å². The average molecular weight is 469 g/mol. The van der Waals surface area contributed by atoms with E-state index in [2.05, 4.69) is 15.4 Å². The number of hydrogen-bond acceptors (Lipinski definition) is 6. The molecule has 0 bridgehead atoms. The third-order valence-corrected chi connectivity index (χ3v) is 5.78. The highest BCUT2D eigenvalue weighted by atomic mass is 16.5. The van der Waals surface area contributed by atoms with E-state index in [0.29, 0.717) is 0 Å². The summed E-state index contributed by atoms with van der Waals surface area (Å²) in [5.74, 6) is -3.41. The average Bonchev–Trinajstić information content (AvgIpc) is 3.14. The van der Waals surface area contributed by atoms with Gasteiger partial charge in [-0.3, -0.25) is 9.59 Å². The lowest BCUT2D eigenvalue weighted by Gasteiger charge is -2.24. The van der Waals surface area contributed by atoms with E-state index in [1.54, 1.807) is 13.8 Å². The second-order valence-corrected chi connectivity index (χ2v) is 8.37. The van der Waals surface area contributed by atoms with Gasteiger partial charge < -0.3 is 25.2 Å². The largest absolute Gasteiger partial charge is 0.480 e. The molecule has 0 aromatic heterocycles. The molecular weight excluding hydrogens is 440 g/mol. The molecule has 0 unspecified atom stereocenters. The number of methoxy groups -OCH3 is 1. The number of aliphatic carboxylic acids is 1. The van der Waals surface area contributed by atoms with Crippen molar-refractivity contribution in [2.24, 2.45) is 5.92 Å². The molecule has 9 heteroatoms. The maximum atomic E-state index is 12.7. The number of carbonyl (C=O) groups is 4. The number of carboxylic acid groups (broad SMARTS) is 1. The van der Waals surface area contributed by atoms with Crippen molar-refractivity contribution in [3.63, 3.8) is 0 Å². The Hall–Kier alpha value is -3.88. The van der Waals surface area contributed by atoms with Crippen molar-refractivity contribution in [3.8, 4) is 11.1 Å². The smallest absolute Gasteiger partial charge is 0.407 e. The molecule has 0 saturated heterocycles. The maximum absolute atomic E-state index is 12.7. The number of carboxylic acids is 1. The van der Waals surface area contributed by atoms with Gasteiger partial charge in [0.05, 0.1) is 13.5 Å². The highest BCUT2D eigenvalue weighted by molar-refractivity contribution is 5.91.